The maximum atomic E-state index is 12.5. The van der Waals surface area contributed by atoms with Crippen LogP contribution in [0.5, 0.6) is 0 Å². The highest BCUT2D eigenvalue weighted by atomic mass is 79.9. The van der Waals surface area contributed by atoms with Gasteiger partial charge in [0.05, 0.1) is 5.02 Å². The molecule has 1 aliphatic heterocycles. The second-order valence-electron chi connectivity index (χ2n) is 5.73. The van der Waals surface area contributed by atoms with Crippen molar-refractivity contribution in [3.63, 3.8) is 0 Å². The summed E-state index contributed by atoms with van der Waals surface area (Å²) >= 11 is 10.5. The molecule has 25 heavy (non-hydrogen) atoms. The lowest BCUT2D eigenvalue weighted by Gasteiger charge is -2.30. The molecule has 0 radical (unpaired) electrons. The molecule has 1 aliphatic rings. The summed E-state index contributed by atoms with van der Waals surface area (Å²) in [6, 6.07) is 8.55. The molecule has 0 atom stereocenters. The molecule has 3 rings (SSSR count). The number of thiophene rings is 1. The Morgan fingerprint density at radius 2 is 2.00 bits per heavy atom. The maximum absolute atomic E-state index is 12.5. The molecule has 0 saturated carbocycles. The minimum absolute atomic E-state index is 0.105. The van der Waals surface area contributed by atoms with Crippen molar-refractivity contribution in [3.05, 3.63) is 45.2 Å². The monoisotopic (exact) mass is 462 g/mol. The van der Waals surface area contributed by atoms with Gasteiger partial charge in [-0.2, -0.15) is 4.31 Å². The van der Waals surface area contributed by atoms with Crippen LogP contribution < -0.4 is 5.32 Å². The van der Waals surface area contributed by atoms with Gasteiger partial charge in [0.25, 0.3) is 10.0 Å². The van der Waals surface area contributed by atoms with E-state index in [1.807, 2.05) is 0 Å². The van der Waals surface area contributed by atoms with E-state index in [2.05, 4.69) is 21.2 Å². The highest BCUT2D eigenvalue weighted by Gasteiger charge is 2.32. The topological polar surface area (TPSA) is 66.5 Å². The molecule has 0 spiro atoms. The van der Waals surface area contributed by atoms with Crippen molar-refractivity contribution >= 4 is 60.5 Å². The van der Waals surface area contributed by atoms with Crippen LogP contribution in [-0.2, 0) is 14.8 Å². The van der Waals surface area contributed by atoms with Gasteiger partial charge < -0.3 is 5.32 Å². The van der Waals surface area contributed by atoms with Gasteiger partial charge in [0.15, 0.2) is 0 Å². The van der Waals surface area contributed by atoms with Crippen LogP contribution in [0.25, 0.3) is 0 Å². The van der Waals surface area contributed by atoms with Gasteiger partial charge in [-0.25, -0.2) is 8.42 Å². The molecule has 1 amide bonds. The molecule has 2 aromatic rings. The number of piperidine rings is 1. The smallest absolute Gasteiger partial charge is 0.252 e. The molecule has 5 nitrogen and oxygen atoms in total. The van der Waals surface area contributed by atoms with Gasteiger partial charge in [-0.3, -0.25) is 4.79 Å². The minimum Gasteiger partial charge on any atom is -0.326 e. The summed E-state index contributed by atoms with van der Waals surface area (Å²) in [5.41, 5.74) is 0.631. The molecule has 1 N–H and O–H groups in total. The Balaban J connectivity index is 1.60. The molecule has 0 unspecified atom stereocenters. The first kappa shape index (κ1) is 18.8. The third kappa shape index (κ3) is 4.25. The molecule has 1 aromatic carbocycles. The average molecular weight is 464 g/mol. The van der Waals surface area contributed by atoms with Gasteiger partial charge in [-0.1, -0.05) is 17.7 Å². The Morgan fingerprint density at radius 3 is 2.60 bits per heavy atom. The van der Waals surface area contributed by atoms with Crippen molar-refractivity contribution in [2.75, 3.05) is 18.4 Å². The van der Waals surface area contributed by atoms with E-state index in [1.54, 1.807) is 35.7 Å². The number of halogens is 2. The zero-order valence-electron chi connectivity index (χ0n) is 13.1. The second-order valence-corrected chi connectivity index (χ2v) is 10.1. The van der Waals surface area contributed by atoms with E-state index in [9.17, 15) is 13.2 Å². The summed E-state index contributed by atoms with van der Waals surface area (Å²) in [6.07, 6.45) is 1.00. The van der Waals surface area contributed by atoms with E-state index >= 15 is 0 Å². The van der Waals surface area contributed by atoms with Crippen LogP contribution in [0.2, 0.25) is 5.02 Å². The number of hydrogen-bond acceptors (Lipinski definition) is 4. The summed E-state index contributed by atoms with van der Waals surface area (Å²) in [6.45, 7) is 0.693. The molecule has 0 bridgehead atoms. The summed E-state index contributed by atoms with van der Waals surface area (Å²) < 4.78 is 27.6. The molecular weight excluding hydrogens is 448 g/mol. The fourth-order valence-corrected chi connectivity index (χ4v) is 5.76. The largest absolute Gasteiger partial charge is 0.326 e. The summed E-state index contributed by atoms with van der Waals surface area (Å²) in [5, 5.41) is 5.12. The van der Waals surface area contributed by atoms with Gasteiger partial charge in [0, 0.05) is 29.2 Å². The van der Waals surface area contributed by atoms with Gasteiger partial charge in [0.1, 0.15) is 4.21 Å². The molecular formula is C16H16BrClN2O3S2. The number of carbonyl (C=O) groups excluding carboxylic acids is 1. The lowest BCUT2D eigenvalue weighted by molar-refractivity contribution is -0.120. The van der Waals surface area contributed by atoms with E-state index < -0.39 is 10.0 Å². The Kier molecular flexibility index (Phi) is 5.85. The third-order valence-electron chi connectivity index (χ3n) is 4.10. The van der Waals surface area contributed by atoms with Gasteiger partial charge in [-0.05, 0) is 58.4 Å². The number of anilines is 1. The summed E-state index contributed by atoms with van der Waals surface area (Å²) in [7, 11) is -3.44. The number of rotatable bonds is 4. The molecule has 1 fully saturated rings. The Bertz CT molecular complexity index is 864. The lowest BCUT2D eigenvalue weighted by Crippen LogP contribution is -2.41. The van der Waals surface area contributed by atoms with E-state index in [4.69, 9.17) is 11.6 Å². The van der Waals surface area contributed by atoms with Crippen LogP contribution in [0.3, 0.4) is 0 Å². The van der Waals surface area contributed by atoms with Crippen molar-refractivity contribution in [2.24, 2.45) is 5.92 Å². The quantitative estimate of drug-likeness (QED) is 0.739. The normalized spacial score (nSPS) is 16.7. The van der Waals surface area contributed by atoms with Crippen LogP contribution in [0.4, 0.5) is 5.69 Å². The number of benzene rings is 1. The van der Waals surface area contributed by atoms with Crippen LogP contribution in [0.1, 0.15) is 12.8 Å². The van der Waals surface area contributed by atoms with Gasteiger partial charge in [-0.15, -0.1) is 11.3 Å². The first-order valence-corrected chi connectivity index (χ1v) is 11.2. The van der Waals surface area contributed by atoms with Crippen LogP contribution in [-0.4, -0.2) is 31.7 Å². The predicted molar refractivity (Wildman–Crippen MR) is 104 cm³/mol. The second kappa shape index (κ2) is 7.75. The van der Waals surface area contributed by atoms with Gasteiger partial charge >= 0.3 is 0 Å². The number of nitrogens with zero attached hydrogens (tertiary/aromatic N) is 1. The van der Waals surface area contributed by atoms with Crippen molar-refractivity contribution in [1.29, 1.82) is 0 Å². The lowest BCUT2D eigenvalue weighted by atomic mass is 9.97. The highest BCUT2D eigenvalue weighted by Crippen LogP contribution is 2.28. The number of sulfonamides is 1. The highest BCUT2D eigenvalue weighted by molar-refractivity contribution is 9.10. The molecule has 9 heteroatoms. The SMILES string of the molecule is O=C(Nc1ccc(Br)c(Cl)c1)C1CCN(S(=O)(=O)c2cccs2)CC1. The number of hydrogen-bond donors (Lipinski definition) is 1. The first-order valence-electron chi connectivity index (χ1n) is 7.67. The fraction of sp³-hybridized carbons (Fsp3) is 0.312. The zero-order valence-corrected chi connectivity index (χ0v) is 17.1. The van der Waals surface area contributed by atoms with Crippen LogP contribution in [0, 0.1) is 5.92 Å². The Hall–Kier alpha value is -0.930. The van der Waals surface area contributed by atoms with E-state index in [0.29, 0.717) is 40.9 Å². The van der Waals surface area contributed by atoms with Gasteiger partial charge in [0.2, 0.25) is 5.91 Å². The summed E-state index contributed by atoms with van der Waals surface area (Å²) in [5.74, 6) is -0.316. The van der Waals surface area contributed by atoms with Crippen LogP contribution in [0.15, 0.2) is 44.4 Å². The van der Waals surface area contributed by atoms with Crippen molar-refractivity contribution in [1.82, 2.24) is 4.31 Å². The number of amides is 1. The average Bonchev–Trinajstić information content (AvgIpc) is 3.14. The van der Waals surface area contributed by atoms with Crippen molar-refractivity contribution in [3.8, 4) is 0 Å². The predicted octanol–water partition coefficient (Wildman–Crippen LogP) is 4.20. The zero-order chi connectivity index (χ0) is 18.0. The first-order chi connectivity index (χ1) is 11.9. The van der Waals surface area contributed by atoms with E-state index in [1.165, 1.54) is 15.6 Å². The molecule has 1 saturated heterocycles. The Labute approximate surface area is 164 Å². The third-order valence-corrected chi connectivity index (χ3v) is 8.61. The standard InChI is InChI=1S/C16H16BrClN2O3S2/c17-13-4-3-12(10-14(13)18)19-16(21)11-5-7-20(8-6-11)25(22,23)15-2-1-9-24-15/h1-4,9-11H,5-8H2,(H,19,21). The molecule has 1 aromatic heterocycles. The molecule has 2 heterocycles. The number of nitrogens with one attached hydrogen (secondary N) is 1. The molecule has 134 valence electrons. The number of carbonyl (C=O) groups is 1. The minimum atomic E-state index is -3.44. The Morgan fingerprint density at radius 1 is 1.28 bits per heavy atom. The van der Waals surface area contributed by atoms with E-state index in [-0.39, 0.29) is 11.8 Å². The molecule has 0 aliphatic carbocycles. The maximum Gasteiger partial charge on any atom is 0.252 e. The van der Waals surface area contributed by atoms with Crippen molar-refractivity contribution < 1.29 is 13.2 Å². The summed E-state index contributed by atoms with van der Waals surface area (Å²) in [4.78, 5) is 12.4. The fourth-order valence-electron chi connectivity index (χ4n) is 2.71. The van der Waals surface area contributed by atoms with E-state index in [0.717, 1.165) is 4.47 Å². The van der Waals surface area contributed by atoms with Crippen molar-refractivity contribution in [2.45, 2.75) is 17.1 Å². The van der Waals surface area contributed by atoms with Crippen LogP contribution >= 0.6 is 38.9 Å².